The molecule has 0 unspecified atom stereocenters. The van der Waals surface area contributed by atoms with Crippen LogP contribution in [0.2, 0.25) is 0 Å². The number of nitrogens with zero attached hydrogens (tertiary/aromatic N) is 3. The zero-order valence-electron chi connectivity index (χ0n) is 18.5. The van der Waals surface area contributed by atoms with Gasteiger partial charge in [0.2, 0.25) is 0 Å². The van der Waals surface area contributed by atoms with Gasteiger partial charge in [0, 0.05) is 58.6 Å². The van der Waals surface area contributed by atoms with E-state index in [1.165, 1.54) is 11.3 Å². The van der Waals surface area contributed by atoms with E-state index in [1.807, 2.05) is 31.3 Å². The van der Waals surface area contributed by atoms with Gasteiger partial charge < -0.3 is 29.3 Å². The number of benzene rings is 2. The number of piperazine rings is 1. The minimum atomic E-state index is 0. The molecule has 0 aliphatic carbocycles. The molecule has 1 saturated heterocycles. The van der Waals surface area contributed by atoms with Gasteiger partial charge in [0.05, 0.1) is 13.7 Å². The Kier molecular flexibility index (Phi) is 10.7. The second-order valence-electron chi connectivity index (χ2n) is 7.06. The maximum Gasteiger partial charge on any atom is 0.194 e. The van der Waals surface area contributed by atoms with Gasteiger partial charge >= 0.3 is 0 Å². The third-order valence-corrected chi connectivity index (χ3v) is 5.14. The van der Waals surface area contributed by atoms with Crippen molar-refractivity contribution >= 4 is 35.6 Å². The average molecular weight is 540 g/mol. The first-order valence-corrected chi connectivity index (χ1v) is 10.3. The van der Waals surface area contributed by atoms with Crippen molar-refractivity contribution in [2.75, 3.05) is 65.6 Å². The smallest absolute Gasteiger partial charge is 0.194 e. The van der Waals surface area contributed by atoms with Crippen molar-refractivity contribution in [3.63, 3.8) is 0 Å². The number of methoxy groups -OCH3 is 2. The van der Waals surface area contributed by atoms with Crippen LogP contribution in [0.5, 0.6) is 11.5 Å². The third kappa shape index (κ3) is 7.46. The van der Waals surface area contributed by atoms with Crippen LogP contribution in [0.4, 0.5) is 5.69 Å². The van der Waals surface area contributed by atoms with Crippen molar-refractivity contribution in [1.82, 2.24) is 10.2 Å². The van der Waals surface area contributed by atoms with E-state index >= 15 is 0 Å². The molecule has 0 spiro atoms. The topological polar surface area (TPSA) is 58.6 Å². The Morgan fingerprint density at radius 1 is 0.968 bits per heavy atom. The molecule has 0 amide bonds. The second-order valence-corrected chi connectivity index (χ2v) is 7.06. The highest BCUT2D eigenvalue weighted by atomic mass is 127. The highest BCUT2D eigenvalue weighted by Crippen LogP contribution is 2.22. The molecule has 0 saturated carbocycles. The summed E-state index contributed by atoms with van der Waals surface area (Å²) in [4.78, 5) is 9.16. The highest BCUT2D eigenvalue weighted by molar-refractivity contribution is 14.0. The summed E-state index contributed by atoms with van der Waals surface area (Å²) in [6.07, 6.45) is 0. The molecule has 2 aromatic carbocycles. The fourth-order valence-electron chi connectivity index (χ4n) is 3.44. The molecule has 3 rings (SSSR count). The van der Waals surface area contributed by atoms with Crippen molar-refractivity contribution in [3.8, 4) is 11.5 Å². The van der Waals surface area contributed by atoms with Gasteiger partial charge in [-0.05, 0) is 29.8 Å². The molecule has 1 N–H and O–H groups in total. The van der Waals surface area contributed by atoms with Gasteiger partial charge in [-0.1, -0.05) is 18.2 Å². The molecular weight excluding hydrogens is 507 g/mol. The molecule has 1 heterocycles. The molecule has 2 aromatic rings. The number of aliphatic imine (C=N–C) groups is 1. The molecule has 8 heteroatoms. The molecule has 1 aliphatic heterocycles. The molecule has 7 nitrogen and oxygen atoms in total. The molecule has 0 bridgehead atoms. The third-order valence-electron chi connectivity index (χ3n) is 5.14. The zero-order valence-corrected chi connectivity index (χ0v) is 20.9. The summed E-state index contributed by atoms with van der Waals surface area (Å²) in [5.74, 6) is 2.68. The number of hydrogen-bond donors (Lipinski definition) is 1. The Morgan fingerprint density at radius 2 is 1.71 bits per heavy atom. The molecule has 0 aromatic heterocycles. The minimum Gasteiger partial charge on any atom is -0.497 e. The van der Waals surface area contributed by atoms with Crippen LogP contribution in [0.25, 0.3) is 0 Å². The van der Waals surface area contributed by atoms with Crippen molar-refractivity contribution in [3.05, 3.63) is 54.1 Å². The van der Waals surface area contributed by atoms with Crippen LogP contribution in [0.3, 0.4) is 0 Å². The van der Waals surface area contributed by atoms with E-state index < -0.39 is 0 Å². The van der Waals surface area contributed by atoms with E-state index in [0.717, 1.165) is 50.2 Å². The van der Waals surface area contributed by atoms with Gasteiger partial charge in [0.15, 0.2) is 5.96 Å². The number of halogens is 1. The molecule has 0 radical (unpaired) electrons. The molecule has 31 heavy (non-hydrogen) atoms. The van der Waals surface area contributed by atoms with E-state index in [9.17, 15) is 0 Å². The second kappa shape index (κ2) is 13.3. The first kappa shape index (κ1) is 25.1. The Bertz CT molecular complexity index is 809. The summed E-state index contributed by atoms with van der Waals surface area (Å²) < 4.78 is 16.0. The van der Waals surface area contributed by atoms with E-state index in [1.54, 1.807) is 14.2 Å². The maximum absolute atomic E-state index is 5.61. The predicted octanol–water partition coefficient (Wildman–Crippen LogP) is 3.24. The Balaban J connectivity index is 0.00000341. The van der Waals surface area contributed by atoms with Gasteiger partial charge in [0.25, 0.3) is 0 Å². The summed E-state index contributed by atoms with van der Waals surface area (Å²) in [6.45, 7) is 5.60. The van der Waals surface area contributed by atoms with E-state index in [0.29, 0.717) is 13.2 Å². The fourth-order valence-corrected chi connectivity index (χ4v) is 3.44. The van der Waals surface area contributed by atoms with Crippen LogP contribution >= 0.6 is 24.0 Å². The maximum atomic E-state index is 5.61. The predicted molar refractivity (Wildman–Crippen MR) is 136 cm³/mol. The molecule has 1 aliphatic rings. The van der Waals surface area contributed by atoms with Crippen LogP contribution in [0.15, 0.2) is 53.5 Å². The van der Waals surface area contributed by atoms with Crippen molar-refractivity contribution in [1.29, 1.82) is 0 Å². The Hall–Kier alpha value is -2.20. The number of hydrogen-bond acceptors (Lipinski definition) is 5. The van der Waals surface area contributed by atoms with E-state index in [4.69, 9.17) is 14.2 Å². The Labute approximate surface area is 202 Å². The number of guanidine groups is 1. The van der Waals surface area contributed by atoms with Crippen LogP contribution < -0.4 is 19.7 Å². The summed E-state index contributed by atoms with van der Waals surface area (Å²) >= 11 is 0. The lowest BCUT2D eigenvalue weighted by atomic mass is 10.2. The monoisotopic (exact) mass is 540 g/mol. The van der Waals surface area contributed by atoms with Crippen molar-refractivity contribution in [2.24, 2.45) is 4.99 Å². The van der Waals surface area contributed by atoms with Crippen molar-refractivity contribution < 1.29 is 14.2 Å². The quantitative estimate of drug-likeness (QED) is 0.240. The molecule has 0 atom stereocenters. The first-order valence-electron chi connectivity index (χ1n) is 10.3. The normalized spacial score (nSPS) is 14.1. The lowest BCUT2D eigenvalue weighted by molar-refractivity contribution is 0.146. The Morgan fingerprint density at radius 3 is 2.35 bits per heavy atom. The van der Waals surface area contributed by atoms with Gasteiger partial charge in [-0.25, -0.2) is 0 Å². The largest absolute Gasteiger partial charge is 0.497 e. The van der Waals surface area contributed by atoms with Gasteiger partial charge in [-0.3, -0.25) is 4.99 Å². The van der Waals surface area contributed by atoms with Gasteiger partial charge in [-0.15, -0.1) is 24.0 Å². The number of anilines is 1. The van der Waals surface area contributed by atoms with Gasteiger partial charge in [0.1, 0.15) is 18.1 Å². The lowest BCUT2D eigenvalue weighted by Crippen LogP contribution is -2.52. The first-order chi connectivity index (χ1) is 14.7. The molecule has 170 valence electrons. The average Bonchev–Trinajstić information content (AvgIpc) is 2.81. The highest BCUT2D eigenvalue weighted by Gasteiger charge is 2.20. The standard InChI is InChI=1S/C23H32N4O3.HI/c1-24-23(25-18-19-7-9-21(10-8-19)30-16-15-28-2)27-13-11-26(12-14-27)20-5-4-6-22(17-20)29-3;/h4-10,17H,11-16,18H2,1-3H3,(H,24,25);1H. The number of ether oxygens (including phenoxy) is 3. The van der Waals surface area contributed by atoms with Gasteiger partial charge in [-0.2, -0.15) is 0 Å². The number of nitrogens with one attached hydrogen (secondary N) is 1. The van der Waals surface area contributed by atoms with E-state index in [-0.39, 0.29) is 24.0 Å². The summed E-state index contributed by atoms with van der Waals surface area (Å²) in [6, 6.07) is 16.4. The van der Waals surface area contributed by atoms with Crippen LogP contribution in [0, 0.1) is 0 Å². The fraction of sp³-hybridized carbons (Fsp3) is 0.435. The summed E-state index contributed by atoms with van der Waals surface area (Å²) in [5.41, 5.74) is 2.38. The van der Waals surface area contributed by atoms with E-state index in [2.05, 4.69) is 44.4 Å². The number of rotatable bonds is 8. The zero-order chi connectivity index (χ0) is 21.2. The summed E-state index contributed by atoms with van der Waals surface area (Å²) in [7, 11) is 5.21. The lowest BCUT2D eigenvalue weighted by Gasteiger charge is -2.37. The van der Waals surface area contributed by atoms with Crippen LogP contribution in [-0.2, 0) is 11.3 Å². The molecule has 1 fully saturated rings. The van der Waals surface area contributed by atoms with Crippen LogP contribution in [0.1, 0.15) is 5.56 Å². The van der Waals surface area contributed by atoms with Crippen LogP contribution in [-0.4, -0.2) is 71.5 Å². The van der Waals surface area contributed by atoms with Crippen molar-refractivity contribution in [2.45, 2.75) is 6.54 Å². The minimum absolute atomic E-state index is 0. The SMILES string of the molecule is CN=C(NCc1ccc(OCCOC)cc1)N1CCN(c2cccc(OC)c2)CC1.I. The summed E-state index contributed by atoms with van der Waals surface area (Å²) in [5, 5.41) is 3.48. The molecular formula is C23H33IN4O3.